The van der Waals surface area contributed by atoms with Gasteiger partial charge in [-0.2, -0.15) is 4.98 Å². The molecule has 0 saturated carbocycles. The number of nitrogens with zero attached hydrogens (tertiary/aromatic N) is 3. The van der Waals surface area contributed by atoms with Gasteiger partial charge in [0.2, 0.25) is 5.91 Å². The van der Waals surface area contributed by atoms with E-state index < -0.39 is 0 Å². The van der Waals surface area contributed by atoms with Crippen LogP contribution in [-0.2, 0) is 17.0 Å². The van der Waals surface area contributed by atoms with Gasteiger partial charge in [-0.3, -0.25) is 9.59 Å². The van der Waals surface area contributed by atoms with Crippen LogP contribution in [0.3, 0.4) is 0 Å². The summed E-state index contributed by atoms with van der Waals surface area (Å²) in [5.41, 5.74) is 4.87. The number of rotatable bonds is 9. The number of benzene rings is 2. The number of aromatic amines is 1. The number of carbonyl (C=O) groups is 1. The van der Waals surface area contributed by atoms with Crippen LogP contribution in [0.1, 0.15) is 60.1 Å². The van der Waals surface area contributed by atoms with Crippen LogP contribution in [0.15, 0.2) is 56.7 Å². The second kappa shape index (κ2) is 11.8. The van der Waals surface area contributed by atoms with Crippen LogP contribution < -0.4 is 10.9 Å². The number of amides is 1. The second-order valence-electron chi connectivity index (χ2n) is 9.98. The highest BCUT2D eigenvalue weighted by atomic mass is 32.2. The molecular weight excluding hydrogens is 542 g/mol. The van der Waals surface area contributed by atoms with Gasteiger partial charge >= 0.3 is 0 Å². The molecule has 0 saturated heterocycles. The van der Waals surface area contributed by atoms with E-state index in [1.54, 1.807) is 11.8 Å². The zero-order chi connectivity index (χ0) is 28.4. The van der Waals surface area contributed by atoms with Crippen molar-refractivity contribution in [3.05, 3.63) is 86.7 Å². The first-order valence-electron chi connectivity index (χ1n) is 13.2. The van der Waals surface area contributed by atoms with E-state index in [2.05, 4.69) is 66.3 Å². The first-order valence-corrected chi connectivity index (χ1v) is 15.0. The van der Waals surface area contributed by atoms with Gasteiger partial charge in [-0.15, -0.1) is 23.1 Å². The molecule has 0 aliphatic heterocycles. The van der Waals surface area contributed by atoms with Crippen LogP contribution in [0.2, 0.25) is 0 Å². The van der Waals surface area contributed by atoms with Gasteiger partial charge in [0, 0.05) is 10.6 Å². The smallest absolute Gasteiger partial charge is 0.268 e. The van der Waals surface area contributed by atoms with Gasteiger partial charge in [-0.25, -0.2) is 4.98 Å². The van der Waals surface area contributed by atoms with Gasteiger partial charge in [-0.05, 0) is 68.0 Å². The van der Waals surface area contributed by atoms with Crippen molar-refractivity contribution < 1.29 is 9.32 Å². The summed E-state index contributed by atoms with van der Waals surface area (Å²) >= 11 is 2.98. The summed E-state index contributed by atoms with van der Waals surface area (Å²) in [5, 5.41) is 7.40. The van der Waals surface area contributed by atoms with Crippen molar-refractivity contribution in [2.75, 3.05) is 5.32 Å². The predicted octanol–water partition coefficient (Wildman–Crippen LogP) is 6.95. The molecule has 3 heterocycles. The topological polar surface area (TPSA) is 114 Å². The fraction of sp³-hybridized carbons (Fsp3) is 0.300. The summed E-state index contributed by atoms with van der Waals surface area (Å²) in [5.74, 6) is 1.93. The first kappa shape index (κ1) is 27.8. The Morgan fingerprint density at radius 1 is 1.12 bits per heavy atom. The second-order valence-corrected chi connectivity index (χ2v) is 12.0. The van der Waals surface area contributed by atoms with Crippen molar-refractivity contribution in [2.45, 2.75) is 64.0 Å². The van der Waals surface area contributed by atoms with E-state index in [4.69, 9.17) is 9.51 Å². The summed E-state index contributed by atoms with van der Waals surface area (Å²) in [6, 6.07) is 14.2. The number of thioether (sulfide) groups is 1. The lowest BCUT2D eigenvalue weighted by atomic mass is 9.99. The predicted molar refractivity (Wildman–Crippen MR) is 161 cm³/mol. The standard InChI is InChI=1S/C30H31N5O3S2/c1-6-17(3)20-9-11-21(12-10-20)31-25(36)14-23-33-29(38-35-23)27-19(5)26-28(37)32-24(34-30(26)40-27)15-39-22-13-16(2)7-8-18(22)4/h7-13,17H,6,14-15H2,1-5H3,(H,31,36)(H,32,34,37). The minimum absolute atomic E-state index is 0.0286. The number of aryl methyl sites for hydroxylation is 3. The SMILES string of the molecule is CCC(C)c1ccc(NC(=O)Cc2noc(-c3sc4nc(CSc5cc(C)ccc5C)[nH]c(=O)c4c3C)n2)cc1. The van der Waals surface area contributed by atoms with E-state index in [-0.39, 0.29) is 29.6 Å². The van der Waals surface area contributed by atoms with Crippen molar-refractivity contribution in [1.82, 2.24) is 20.1 Å². The molecule has 1 atom stereocenters. The summed E-state index contributed by atoms with van der Waals surface area (Å²) in [7, 11) is 0. The Bertz CT molecular complexity index is 1740. The number of aromatic nitrogens is 4. The van der Waals surface area contributed by atoms with Gasteiger partial charge in [0.25, 0.3) is 11.4 Å². The average Bonchev–Trinajstić information content (AvgIpc) is 3.53. The molecule has 0 radical (unpaired) electrons. The zero-order valence-corrected chi connectivity index (χ0v) is 24.8. The largest absolute Gasteiger partial charge is 0.333 e. The van der Waals surface area contributed by atoms with E-state index in [1.807, 2.05) is 31.2 Å². The third kappa shape index (κ3) is 6.03. The molecular formula is C30H31N5O3S2. The molecule has 0 bridgehead atoms. The molecule has 206 valence electrons. The molecule has 2 aromatic carbocycles. The molecule has 0 aliphatic rings. The molecule has 5 aromatic rings. The third-order valence-electron chi connectivity index (χ3n) is 6.91. The number of nitrogens with one attached hydrogen (secondary N) is 2. The molecule has 2 N–H and O–H groups in total. The monoisotopic (exact) mass is 573 g/mol. The molecule has 1 unspecified atom stereocenters. The Morgan fingerprint density at radius 2 is 1.90 bits per heavy atom. The van der Waals surface area contributed by atoms with Crippen molar-refractivity contribution in [2.24, 2.45) is 0 Å². The van der Waals surface area contributed by atoms with Crippen LogP contribution >= 0.6 is 23.1 Å². The lowest BCUT2D eigenvalue weighted by molar-refractivity contribution is -0.115. The van der Waals surface area contributed by atoms with Crippen molar-refractivity contribution in [3.63, 3.8) is 0 Å². The number of hydrogen-bond acceptors (Lipinski definition) is 8. The Labute approximate surface area is 240 Å². The highest BCUT2D eigenvalue weighted by molar-refractivity contribution is 7.98. The number of anilines is 1. The van der Waals surface area contributed by atoms with Gasteiger partial charge in [0.05, 0.1) is 22.4 Å². The lowest BCUT2D eigenvalue weighted by Crippen LogP contribution is -2.15. The molecule has 8 nitrogen and oxygen atoms in total. The number of H-pyrrole nitrogens is 1. The van der Waals surface area contributed by atoms with Gasteiger partial charge in [0.15, 0.2) is 5.82 Å². The van der Waals surface area contributed by atoms with E-state index >= 15 is 0 Å². The van der Waals surface area contributed by atoms with Crippen LogP contribution in [-0.4, -0.2) is 26.0 Å². The Kier molecular flexibility index (Phi) is 8.18. The number of fused-ring (bicyclic) bond motifs is 1. The van der Waals surface area contributed by atoms with Crippen LogP contribution in [0, 0.1) is 20.8 Å². The quantitative estimate of drug-likeness (QED) is 0.183. The molecule has 0 spiro atoms. The molecule has 10 heteroatoms. The average molecular weight is 574 g/mol. The minimum atomic E-state index is -0.235. The van der Waals surface area contributed by atoms with E-state index in [0.29, 0.717) is 32.6 Å². The van der Waals surface area contributed by atoms with Gasteiger partial charge < -0.3 is 14.8 Å². The maximum Gasteiger partial charge on any atom is 0.268 e. The summed E-state index contributed by atoms with van der Waals surface area (Å²) in [6.07, 6.45) is 1.03. The van der Waals surface area contributed by atoms with Crippen molar-refractivity contribution in [1.29, 1.82) is 0 Å². The normalized spacial score (nSPS) is 12.1. The van der Waals surface area contributed by atoms with Crippen LogP contribution in [0.4, 0.5) is 5.69 Å². The number of thiophene rings is 1. The van der Waals surface area contributed by atoms with E-state index in [9.17, 15) is 9.59 Å². The highest BCUT2D eigenvalue weighted by Gasteiger charge is 2.21. The highest BCUT2D eigenvalue weighted by Crippen LogP contribution is 2.35. The van der Waals surface area contributed by atoms with E-state index in [0.717, 1.165) is 22.6 Å². The fourth-order valence-electron chi connectivity index (χ4n) is 4.37. The fourth-order valence-corrected chi connectivity index (χ4v) is 6.48. The maximum atomic E-state index is 13.0. The minimum Gasteiger partial charge on any atom is -0.333 e. The van der Waals surface area contributed by atoms with Crippen molar-refractivity contribution in [3.8, 4) is 10.8 Å². The Morgan fingerprint density at radius 3 is 2.65 bits per heavy atom. The molecule has 5 rings (SSSR count). The molecule has 0 aliphatic carbocycles. The summed E-state index contributed by atoms with van der Waals surface area (Å²) < 4.78 is 5.49. The lowest BCUT2D eigenvalue weighted by Gasteiger charge is -2.10. The number of carbonyl (C=O) groups excluding carboxylic acids is 1. The summed E-state index contributed by atoms with van der Waals surface area (Å²) in [6.45, 7) is 10.3. The van der Waals surface area contributed by atoms with Crippen LogP contribution in [0.25, 0.3) is 21.0 Å². The first-order chi connectivity index (χ1) is 19.2. The Balaban J connectivity index is 1.29. The Hall–Kier alpha value is -3.76. The molecule has 1 amide bonds. The van der Waals surface area contributed by atoms with Gasteiger partial charge in [-0.1, -0.05) is 48.8 Å². The van der Waals surface area contributed by atoms with Crippen LogP contribution in [0.5, 0.6) is 0 Å². The maximum absolute atomic E-state index is 13.0. The zero-order valence-electron chi connectivity index (χ0n) is 23.1. The molecule has 3 aromatic heterocycles. The molecule has 40 heavy (non-hydrogen) atoms. The van der Waals surface area contributed by atoms with Crippen molar-refractivity contribution >= 4 is 44.9 Å². The van der Waals surface area contributed by atoms with Gasteiger partial charge in [0.1, 0.15) is 10.7 Å². The molecule has 0 fully saturated rings. The van der Waals surface area contributed by atoms with E-state index in [1.165, 1.54) is 28.0 Å². The summed E-state index contributed by atoms with van der Waals surface area (Å²) in [4.78, 5) is 40.1. The number of hydrogen-bond donors (Lipinski definition) is 2. The third-order valence-corrected chi connectivity index (χ3v) is 9.26.